The summed E-state index contributed by atoms with van der Waals surface area (Å²) in [7, 11) is 0. The largest absolute Gasteiger partial charge is 0.312 e. The molecule has 2 heterocycles. The van der Waals surface area contributed by atoms with Crippen molar-refractivity contribution < 1.29 is 0 Å². The topological polar surface area (TPSA) is 40.7 Å². The summed E-state index contributed by atoms with van der Waals surface area (Å²) in [4.78, 5) is 0. The molecule has 0 bridgehead atoms. The minimum Gasteiger partial charge on any atom is -0.312 e. The number of para-hydroxylation sites is 1. The smallest absolute Gasteiger partial charge is 0.0969 e. The van der Waals surface area contributed by atoms with Crippen LogP contribution in [0.15, 0.2) is 30.3 Å². The Kier molecular flexibility index (Phi) is 2.26. The second-order valence-corrected chi connectivity index (χ2v) is 4.42. The molecule has 0 saturated carbocycles. The molecule has 0 saturated heterocycles. The number of nitrogens with one attached hydrogen (secondary N) is 2. The highest BCUT2D eigenvalue weighted by Gasteiger charge is 2.14. The van der Waals surface area contributed by atoms with Gasteiger partial charge in [-0.25, -0.2) is 0 Å². The van der Waals surface area contributed by atoms with Gasteiger partial charge in [0.15, 0.2) is 0 Å². The Balaban J connectivity index is 2.12. The van der Waals surface area contributed by atoms with Crippen molar-refractivity contribution in [1.82, 2.24) is 15.5 Å². The quantitative estimate of drug-likeness (QED) is 0.762. The van der Waals surface area contributed by atoms with Gasteiger partial charge in [-0.15, -0.1) is 0 Å². The summed E-state index contributed by atoms with van der Waals surface area (Å²) in [5.74, 6) is 0.583. The van der Waals surface area contributed by atoms with Gasteiger partial charge in [0.1, 0.15) is 0 Å². The third kappa shape index (κ3) is 1.53. The van der Waals surface area contributed by atoms with Crippen LogP contribution in [-0.2, 0) is 0 Å². The fourth-order valence-corrected chi connectivity index (χ4v) is 2.27. The summed E-state index contributed by atoms with van der Waals surface area (Å²) < 4.78 is 0. The van der Waals surface area contributed by atoms with Crippen molar-refractivity contribution in [1.29, 1.82) is 0 Å². The highest BCUT2D eigenvalue weighted by atomic mass is 15.1. The molecule has 3 nitrogen and oxygen atoms in total. The zero-order valence-corrected chi connectivity index (χ0v) is 9.33. The lowest BCUT2D eigenvalue weighted by Crippen LogP contribution is -2.27. The second kappa shape index (κ2) is 3.76. The van der Waals surface area contributed by atoms with E-state index >= 15 is 0 Å². The fourth-order valence-electron chi connectivity index (χ4n) is 2.27. The first-order valence-electron chi connectivity index (χ1n) is 5.69. The van der Waals surface area contributed by atoms with E-state index < -0.39 is 0 Å². The number of nitrogens with zero attached hydrogens (tertiary/aromatic N) is 1. The SMILES string of the molecule is C[C@@H]1C=C(c2n[nH]c3ccccc23)CNC1. The van der Waals surface area contributed by atoms with Crippen LogP contribution in [-0.4, -0.2) is 23.3 Å². The molecule has 1 atom stereocenters. The zero-order chi connectivity index (χ0) is 11.0. The number of fused-ring (bicyclic) bond motifs is 1. The van der Waals surface area contributed by atoms with Gasteiger partial charge in [0.25, 0.3) is 0 Å². The number of hydrogen-bond acceptors (Lipinski definition) is 2. The van der Waals surface area contributed by atoms with Crippen molar-refractivity contribution in [3.63, 3.8) is 0 Å². The molecule has 0 fully saturated rings. The maximum absolute atomic E-state index is 4.42. The van der Waals surface area contributed by atoms with E-state index in [0.717, 1.165) is 24.3 Å². The minimum atomic E-state index is 0.583. The number of rotatable bonds is 1. The molecular weight excluding hydrogens is 198 g/mol. The Morgan fingerprint density at radius 1 is 1.31 bits per heavy atom. The van der Waals surface area contributed by atoms with Crippen molar-refractivity contribution in [2.45, 2.75) is 6.92 Å². The van der Waals surface area contributed by atoms with Gasteiger partial charge in [0, 0.05) is 18.5 Å². The van der Waals surface area contributed by atoms with E-state index in [1.54, 1.807) is 0 Å². The normalized spacial score (nSPS) is 21.1. The third-order valence-electron chi connectivity index (χ3n) is 3.04. The van der Waals surface area contributed by atoms with Gasteiger partial charge < -0.3 is 5.32 Å². The lowest BCUT2D eigenvalue weighted by molar-refractivity contribution is 0.606. The van der Waals surface area contributed by atoms with Gasteiger partial charge in [0.05, 0.1) is 11.2 Å². The first-order valence-corrected chi connectivity index (χ1v) is 5.69. The summed E-state index contributed by atoms with van der Waals surface area (Å²) in [6.07, 6.45) is 2.32. The Morgan fingerprint density at radius 3 is 3.06 bits per heavy atom. The standard InChI is InChI=1S/C13H15N3/c1-9-6-10(8-14-7-9)13-11-4-2-3-5-12(11)15-16-13/h2-6,9,14H,7-8H2,1H3,(H,15,16)/t9-/m1/s1. The molecule has 2 N–H and O–H groups in total. The summed E-state index contributed by atoms with van der Waals surface area (Å²) >= 11 is 0. The minimum absolute atomic E-state index is 0.583. The highest BCUT2D eigenvalue weighted by Crippen LogP contribution is 2.24. The van der Waals surface area contributed by atoms with Crippen LogP contribution >= 0.6 is 0 Å². The molecule has 3 heteroatoms. The monoisotopic (exact) mass is 213 g/mol. The number of aromatic nitrogens is 2. The van der Waals surface area contributed by atoms with Crippen molar-refractivity contribution in [3.05, 3.63) is 36.0 Å². The summed E-state index contributed by atoms with van der Waals surface area (Å²) in [5, 5.41) is 12.1. The highest BCUT2D eigenvalue weighted by molar-refractivity contribution is 5.90. The zero-order valence-electron chi connectivity index (χ0n) is 9.33. The van der Waals surface area contributed by atoms with Crippen molar-refractivity contribution in [3.8, 4) is 0 Å². The van der Waals surface area contributed by atoms with E-state index in [1.807, 2.05) is 6.07 Å². The summed E-state index contributed by atoms with van der Waals surface area (Å²) in [6, 6.07) is 8.27. The fraction of sp³-hybridized carbons (Fsp3) is 0.308. The Hall–Kier alpha value is -1.61. The van der Waals surface area contributed by atoms with Gasteiger partial charge >= 0.3 is 0 Å². The van der Waals surface area contributed by atoms with Gasteiger partial charge in [-0.3, -0.25) is 5.10 Å². The molecular formula is C13H15N3. The number of H-pyrrole nitrogens is 1. The predicted octanol–water partition coefficient (Wildman–Crippen LogP) is 2.19. The molecule has 1 aromatic carbocycles. The summed E-state index contributed by atoms with van der Waals surface area (Å²) in [6.45, 7) is 4.20. The molecule has 2 aromatic rings. The number of aromatic amines is 1. The van der Waals surface area contributed by atoms with E-state index in [0.29, 0.717) is 5.92 Å². The third-order valence-corrected chi connectivity index (χ3v) is 3.04. The molecule has 0 aliphatic carbocycles. The van der Waals surface area contributed by atoms with Gasteiger partial charge in [-0.1, -0.05) is 31.2 Å². The molecule has 1 aromatic heterocycles. The summed E-state index contributed by atoms with van der Waals surface area (Å²) in [5.41, 5.74) is 3.50. The molecule has 16 heavy (non-hydrogen) atoms. The number of benzene rings is 1. The molecule has 1 aliphatic heterocycles. The molecule has 0 radical (unpaired) electrons. The maximum atomic E-state index is 4.42. The molecule has 3 rings (SSSR count). The van der Waals surface area contributed by atoms with Crippen LogP contribution in [0.1, 0.15) is 12.6 Å². The van der Waals surface area contributed by atoms with Crippen LogP contribution in [0.3, 0.4) is 0 Å². The van der Waals surface area contributed by atoms with E-state index in [2.05, 4.69) is 46.7 Å². The van der Waals surface area contributed by atoms with E-state index in [9.17, 15) is 0 Å². The Labute approximate surface area is 94.6 Å². The maximum Gasteiger partial charge on any atom is 0.0969 e. The predicted molar refractivity (Wildman–Crippen MR) is 66.1 cm³/mol. The van der Waals surface area contributed by atoms with Gasteiger partial charge in [-0.05, 0) is 17.6 Å². The van der Waals surface area contributed by atoms with E-state index in [4.69, 9.17) is 0 Å². The second-order valence-electron chi connectivity index (χ2n) is 4.42. The van der Waals surface area contributed by atoms with Gasteiger partial charge in [0.2, 0.25) is 0 Å². The van der Waals surface area contributed by atoms with Crippen molar-refractivity contribution >= 4 is 16.5 Å². The number of hydrogen-bond donors (Lipinski definition) is 2. The Morgan fingerprint density at radius 2 is 2.19 bits per heavy atom. The first kappa shape index (κ1) is 9.60. The molecule has 1 aliphatic rings. The average molecular weight is 213 g/mol. The molecule has 0 unspecified atom stereocenters. The van der Waals surface area contributed by atoms with Crippen LogP contribution in [0.2, 0.25) is 0 Å². The van der Waals surface area contributed by atoms with Crippen molar-refractivity contribution in [2.24, 2.45) is 5.92 Å². The van der Waals surface area contributed by atoms with Crippen LogP contribution < -0.4 is 5.32 Å². The average Bonchev–Trinajstić information content (AvgIpc) is 2.72. The lowest BCUT2D eigenvalue weighted by Gasteiger charge is -2.18. The van der Waals surface area contributed by atoms with Crippen molar-refractivity contribution in [2.75, 3.05) is 13.1 Å². The van der Waals surface area contributed by atoms with E-state index in [-0.39, 0.29) is 0 Å². The van der Waals surface area contributed by atoms with E-state index in [1.165, 1.54) is 11.0 Å². The van der Waals surface area contributed by atoms with Crippen LogP contribution in [0.5, 0.6) is 0 Å². The van der Waals surface area contributed by atoms with Crippen LogP contribution in [0.4, 0.5) is 0 Å². The Bertz CT molecular complexity index is 539. The molecule has 0 spiro atoms. The van der Waals surface area contributed by atoms with Crippen LogP contribution in [0, 0.1) is 5.92 Å². The van der Waals surface area contributed by atoms with Gasteiger partial charge in [-0.2, -0.15) is 5.10 Å². The first-order chi connectivity index (χ1) is 7.84. The van der Waals surface area contributed by atoms with Crippen LogP contribution in [0.25, 0.3) is 16.5 Å². The molecule has 0 amide bonds. The molecule has 82 valence electrons. The lowest BCUT2D eigenvalue weighted by atomic mass is 9.99.